The summed E-state index contributed by atoms with van der Waals surface area (Å²) < 4.78 is 0. The summed E-state index contributed by atoms with van der Waals surface area (Å²) in [4.78, 5) is 2.39. The Morgan fingerprint density at radius 2 is 1.94 bits per heavy atom. The molecule has 1 nitrogen and oxygen atoms in total. The van der Waals surface area contributed by atoms with E-state index in [9.17, 15) is 0 Å². The Hall–Kier alpha value is -0.980. The van der Waals surface area contributed by atoms with Gasteiger partial charge < -0.3 is 4.90 Å². The molecule has 0 bridgehead atoms. The minimum Gasteiger partial charge on any atom is -0.374 e. The molecule has 2 rings (SSSR count). The van der Waals surface area contributed by atoms with Gasteiger partial charge in [-0.25, -0.2) is 0 Å². The summed E-state index contributed by atoms with van der Waals surface area (Å²) in [6.07, 6.45) is 1.28. The van der Waals surface area contributed by atoms with Crippen LogP contribution in [-0.4, -0.2) is 13.6 Å². The van der Waals surface area contributed by atoms with Crippen molar-refractivity contribution in [2.24, 2.45) is 0 Å². The van der Waals surface area contributed by atoms with Gasteiger partial charge in [0, 0.05) is 19.3 Å². The highest BCUT2D eigenvalue weighted by Gasteiger charge is 2.22. The maximum Gasteiger partial charge on any atom is 0.0401 e. The van der Waals surface area contributed by atoms with Crippen molar-refractivity contribution in [2.45, 2.75) is 45.4 Å². The van der Waals surface area contributed by atoms with Crippen LogP contribution in [0.4, 0.5) is 5.69 Å². The summed E-state index contributed by atoms with van der Waals surface area (Å²) >= 11 is 0. The molecule has 0 aromatic heterocycles. The largest absolute Gasteiger partial charge is 0.374 e. The molecular formula is C15H23N. The van der Waals surface area contributed by atoms with Crippen LogP contribution >= 0.6 is 0 Å². The lowest BCUT2D eigenvalue weighted by atomic mass is 9.83. The second-order valence-electron chi connectivity index (χ2n) is 6.13. The van der Waals surface area contributed by atoms with Gasteiger partial charge in [0.1, 0.15) is 0 Å². The molecular weight excluding hydrogens is 194 g/mol. The minimum absolute atomic E-state index is 0.247. The van der Waals surface area contributed by atoms with Crippen molar-refractivity contribution < 1.29 is 0 Å². The first kappa shape index (κ1) is 11.5. The predicted octanol–water partition coefficient (Wildman–Crippen LogP) is 3.93. The molecule has 0 spiro atoms. The zero-order valence-corrected chi connectivity index (χ0v) is 11.2. The van der Waals surface area contributed by atoms with Crippen LogP contribution in [0.15, 0.2) is 18.2 Å². The number of benzene rings is 1. The predicted molar refractivity (Wildman–Crippen MR) is 71.4 cm³/mol. The van der Waals surface area contributed by atoms with Crippen LogP contribution in [0.2, 0.25) is 0 Å². The van der Waals surface area contributed by atoms with Gasteiger partial charge in [-0.1, -0.05) is 39.8 Å². The smallest absolute Gasteiger partial charge is 0.0401 e. The van der Waals surface area contributed by atoms with Crippen molar-refractivity contribution in [3.63, 3.8) is 0 Å². The Labute approximate surface area is 99.5 Å². The van der Waals surface area contributed by atoms with Crippen molar-refractivity contribution in [3.05, 3.63) is 29.3 Å². The normalized spacial score (nSPS) is 20.8. The van der Waals surface area contributed by atoms with Gasteiger partial charge in [-0.05, 0) is 34.9 Å². The van der Waals surface area contributed by atoms with E-state index in [0.29, 0.717) is 5.92 Å². The molecule has 0 N–H and O–H groups in total. The quantitative estimate of drug-likeness (QED) is 0.636. The first-order valence-electron chi connectivity index (χ1n) is 6.25. The van der Waals surface area contributed by atoms with Crippen molar-refractivity contribution in [1.29, 1.82) is 0 Å². The monoisotopic (exact) mass is 217 g/mol. The minimum atomic E-state index is 0.247. The maximum absolute atomic E-state index is 2.39. The first-order valence-corrected chi connectivity index (χ1v) is 6.25. The highest BCUT2D eigenvalue weighted by Crippen LogP contribution is 2.37. The van der Waals surface area contributed by atoms with E-state index in [2.05, 4.69) is 57.8 Å². The Kier molecular flexibility index (Phi) is 2.73. The number of rotatable bonds is 0. The number of fused-ring (bicyclic) bond motifs is 1. The van der Waals surface area contributed by atoms with Crippen molar-refractivity contribution in [2.75, 3.05) is 18.5 Å². The molecule has 0 saturated carbocycles. The van der Waals surface area contributed by atoms with Crippen LogP contribution < -0.4 is 4.90 Å². The zero-order chi connectivity index (χ0) is 11.9. The summed E-state index contributed by atoms with van der Waals surface area (Å²) in [5.74, 6) is 0.709. The molecule has 1 heteroatoms. The lowest BCUT2D eigenvalue weighted by Gasteiger charge is -2.33. The van der Waals surface area contributed by atoms with Gasteiger partial charge in [0.05, 0.1) is 0 Å². The van der Waals surface area contributed by atoms with Crippen molar-refractivity contribution >= 4 is 5.69 Å². The van der Waals surface area contributed by atoms with Gasteiger partial charge in [-0.2, -0.15) is 0 Å². The van der Waals surface area contributed by atoms with E-state index < -0.39 is 0 Å². The van der Waals surface area contributed by atoms with E-state index in [1.54, 1.807) is 0 Å². The lowest BCUT2D eigenvalue weighted by Crippen LogP contribution is -2.27. The molecule has 16 heavy (non-hydrogen) atoms. The third-order valence-corrected chi connectivity index (χ3v) is 3.74. The Morgan fingerprint density at radius 3 is 2.56 bits per heavy atom. The summed E-state index contributed by atoms with van der Waals surface area (Å²) in [6.45, 7) is 10.4. The Balaban J connectivity index is 2.48. The second-order valence-corrected chi connectivity index (χ2v) is 6.13. The van der Waals surface area contributed by atoms with Crippen LogP contribution in [0.25, 0.3) is 0 Å². The summed E-state index contributed by atoms with van der Waals surface area (Å²) in [5, 5.41) is 0. The van der Waals surface area contributed by atoms with Crippen LogP contribution in [0.3, 0.4) is 0 Å². The molecule has 1 aliphatic rings. The van der Waals surface area contributed by atoms with E-state index in [4.69, 9.17) is 0 Å². The highest BCUT2D eigenvalue weighted by atomic mass is 15.1. The molecule has 1 aromatic rings. The van der Waals surface area contributed by atoms with Gasteiger partial charge in [0.25, 0.3) is 0 Å². The van der Waals surface area contributed by atoms with Crippen molar-refractivity contribution in [1.82, 2.24) is 0 Å². The van der Waals surface area contributed by atoms with Crippen LogP contribution in [0, 0.1) is 0 Å². The molecule has 0 fully saturated rings. The third kappa shape index (κ3) is 1.95. The van der Waals surface area contributed by atoms with E-state index >= 15 is 0 Å². The Morgan fingerprint density at radius 1 is 1.25 bits per heavy atom. The van der Waals surface area contributed by atoms with Gasteiger partial charge in [0.2, 0.25) is 0 Å². The van der Waals surface area contributed by atoms with Gasteiger partial charge in [-0.3, -0.25) is 0 Å². The number of nitrogens with zero attached hydrogens (tertiary/aromatic N) is 1. The van der Waals surface area contributed by atoms with Crippen LogP contribution in [0.1, 0.15) is 51.2 Å². The summed E-state index contributed by atoms with van der Waals surface area (Å²) in [5.41, 5.74) is 4.64. The second kappa shape index (κ2) is 3.80. The molecule has 1 atom stereocenters. The molecule has 1 aliphatic heterocycles. The molecule has 88 valence electrons. The van der Waals surface area contributed by atoms with Gasteiger partial charge in [-0.15, -0.1) is 0 Å². The fourth-order valence-electron chi connectivity index (χ4n) is 2.42. The van der Waals surface area contributed by atoms with Crippen molar-refractivity contribution in [3.8, 4) is 0 Å². The van der Waals surface area contributed by atoms with E-state index in [0.717, 1.165) is 0 Å². The van der Waals surface area contributed by atoms with Gasteiger partial charge >= 0.3 is 0 Å². The fraction of sp³-hybridized carbons (Fsp3) is 0.600. The van der Waals surface area contributed by atoms with E-state index in [1.165, 1.54) is 29.8 Å². The molecule has 1 aromatic carbocycles. The zero-order valence-electron chi connectivity index (χ0n) is 11.2. The molecule has 0 radical (unpaired) electrons. The molecule has 0 aliphatic carbocycles. The third-order valence-electron chi connectivity index (χ3n) is 3.74. The van der Waals surface area contributed by atoms with Crippen LogP contribution in [-0.2, 0) is 5.41 Å². The summed E-state index contributed by atoms with van der Waals surface area (Å²) in [7, 11) is 2.21. The number of hydrogen-bond acceptors (Lipinski definition) is 1. The van der Waals surface area contributed by atoms with E-state index in [1.807, 2.05) is 0 Å². The molecule has 0 saturated heterocycles. The summed E-state index contributed by atoms with van der Waals surface area (Å²) in [6, 6.07) is 7.01. The standard InChI is InChI=1S/C15H23N/c1-11-8-9-16(5)14-10-12(15(2,3)4)6-7-13(11)14/h6-7,10-11H,8-9H2,1-5H3. The number of anilines is 1. The molecule has 1 unspecified atom stereocenters. The van der Waals surface area contributed by atoms with E-state index in [-0.39, 0.29) is 5.41 Å². The SMILES string of the molecule is CC1CCN(C)c2cc(C(C)(C)C)ccc21. The molecule has 0 amide bonds. The van der Waals surface area contributed by atoms with Gasteiger partial charge in [0.15, 0.2) is 0 Å². The average molecular weight is 217 g/mol. The number of hydrogen-bond donors (Lipinski definition) is 0. The maximum atomic E-state index is 2.39. The molecule has 1 heterocycles. The lowest BCUT2D eigenvalue weighted by molar-refractivity contribution is 0.585. The topological polar surface area (TPSA) is 3.24 Å². The van der Waals surface area contributed by atoms with Crippen LogP contribution in [0.5, 0.6) is 0 Å². The first-order chi connectivity index (χ1) is 7.39. The fourth-order valence-corrected chi connectivity index (χ4v) is 2.42. The average Bonchev–Trinajstić information content (AvgIpc) is 2.22. The Bertz CT molecular complexity index is 387. The highest BCUT2D eigenvalue weighted by molar-refractivity contribution is 5.59.